The van der Waals surface area contributed by atoms with Gasteiger partial charge in [0.05, 0.1) is 5.39 Å². The third kappa shape index (κ3) is 2.22. The van der Waals surface area contributed by atoms with Gasteiger partial charge in [0.1, 0.15) is 17.9 Å². The molecule has 0 atom stereocenters. The molecule has 0 saturated carbocycles. The van der Waals surface area contributed by atoms with Gasteiger partial charge in [-0.05, 0) is 49.4 Å². The first-order valence-corrected chi connectivity index (χ1v) is 6.99. The highest BCUT2D eigenvalue weighted by atomic mass is 35.5. The van der Waals surface area contributed by atoms with E-state index in [2.05, 4.69) is 6.58 Å². The first-order chi connectivity index (χ1) is 9.56. The number of aryl methyl sites for hydroxylation is 2. The largest absolute Gasteiger partial charge is 0.487 e. The van der Waals surface area contributed by atoms with Crippen LogP contribution in [-0.2, 0) is 12.8 Å². The molecule has 1 aliphatic rings. The fourth-order valence-corrected chi connectivity index (χ4v) is 2.83. The van der Waals surface area contributed by atoms with E-state index >= 15 is 0 Å². The summed E-state index contributed by atoms with van der Waals surface area (Å²) in [6.07, 6.45) is 2.65. The third-order valence-corrected chi connectivity index (χ3v) is 3.67. The first kappa shape index (κ1) is 13.3. The van der Waals surface area contributed by atoms with E-state index < -0.39 is 0 Å². The van der Waals surface area contributed by atoms with Gasteiger partial charge in [-0.2, -0.15) is 0 Å². The molecule has 0 N–H and O–H groups in total. The standard InChI is InChI=1S/C16H15ClO3/c1-9-6-13(19-8-10(2)17)15-11-4-3-5-12(11)16(18)20-14(15)7-9/h6-7H,2-5,8H2,1H3. The van der Waals surface area contributed by atoms with Crippen molar-refractivity contribution >= 4 is 22.6 Å². The lowest BCUT2D eigenvalue weighted by Crippen LogP contribution is -2.08. The molecule has 0 saturated heterocycles. The molecule has 2 aromatic rings. The van der Waals surface area contributed by atoms with Gasteiger partial charge >= 0.3 is 5.63 Å². The van der Waals surface area contributed by atoms with E-state index in [4.69, 9.17) is 20.8 Å². The summed E-state index contributed by atoms with van der Waals surface area (Å²) >= 11 is 5.77. The number of hydrogen-bond acceptors (Lipinski definition) is 3. The summed E-state index contributed by atoms with van der Waals surface area (Å²) in [5, 5.41) is 1.34. The van der Waals surface area contributed by atoms with Crippen LogP contribution in [0.25, 0.3) is 11.0 Å². The van der Waals surface area contributed by atoms with Gasteiger partial charge in [-0.1, -0.05) is 18.2 Å². The molecule has 0 radical (unpaired) electrons. The van der Waals surface area contributed by atoms with Crippen molar-refractivity contribution in [2.75, 3.05) is 6.61 Å². The minimum atomic E-state index is -0.219. The van der Waals surface area contributed by atoms with E-state index in [1.54, 1.807) is 0 Å². The van der Waals surface area contributed by atoms with Crippen molar-refractivity contribution in [3.05, 3.63) is 50.9 Å². The van der Waals surface area contributed by atoms with Crippen molar-refractivity contribution in [3.63, 3.8) is 0 Å². The third-order valence-electron chi connectivity index (χ3n) is 3.56. The Hall–Kier alpha value is -1.74. The number of hydrogen-bond donors (Lipinski definition) is 0. The van der Waals surface area contributed by atoms with Crippen LogP contribution >= 0.6 is 11.6 Å². The summed E-state index contributed by atoms with van der Waals surface area (Å²) in [5.74, 6) is 0.712. The monoisotopic (exact) mass is 290 g/mol. The molecule has 1 aliphatic carbocycles. The highest BCUT2D eigenvalue weighted by molar-refractivity contribution is 6.29. The summed E-state index contributed by atoms with van der Waals surface area (Å²) in [5.41, 5.74) is 3.20. The van der Waals surface area contributed by atoms with Gasteiger partial charge < -0.3 is 9.15 Å². The van der Waals surface area contributed by atoms with Crippen molar-refractivity contribution in [3.8, 4) is 5.75 Å². The summed E-state index contributed by atoms with van der Waals surface area (Å²) in [6.45, 7) is 5.81. The lowest BCUT2D eigenvalue weighted by molar-refractivity contribution is 0.363. The van der Waals surface area contributed by atoms with Crippen molar-refractivity contribution in [1.29, 1.82) is 0 Å². The molecule has 1 aromatic heterocycles. The Morgan fingerprint density at radius 1 is 1.40 bits per heavy atom. The second-order valence-electron chi connectivity index (χ2n) is 5.14. The fourth-order valence-electron chi connectivity index (χ4n) is 2.78. The maximum atomic E-state index is 12.0. The number of halogens is 1. The van der Waals surface area contributed by atoms with Crippen molar-refractivity contribution in [2.24, 2.45) is 0 Å². The predicted molar refractivity (Wildman–Crippen MR) is 79.7 cm³/mol. The second kappa shape index (κ2) is 4.98. The Morgan fingerprint density at radius 3 is 2.90 bits per heavy atom. The molecule has 1 aromatic carbocycles. The quantitative estimate of drug-likeness (QED) is 0.809. The molecule has 4 heteroatoms. The molecule has 3 rings (SSSR count). The van der Waals surface area contributed by atoms with Crippen LogP contribution in [0, 0.1) is 6.92 Å². The maximum Gasteiger partial charge on any atom is 0.339 e. The van der Waals surface area contributed by atoms with Gasteiger partial charge in [0.2, 0.25) is 0 Å². The molecule has 1 heterocycles. The summed E-state index contributed by atoms with van der Waals surface area (Å²) in [6, 6.07) is 3.82. The molecular weight excluding hydrogens is 276 g/mol. The van der Waals surface area contributed by atoms with Crippen LogP contribution in [0.5, 0.6) is 5.75 Å². The molecule has 0 unspecified atom stereocenters. The van der Waals surface area contributed by atoms with E-state index in [-0.39, 0.29) is 12.2 Å². The van der Waals surface area contributed by atoms with E-state index in [0.29, 0.717) is 16.4 Å². The van der Waals surface area contributed by atoms with Crippen molar-refractivity contribution in [1.82, 2.24) is 0 Å². The molecule has 0 fully saturated rings. The molecule has 20 heavy (non-hydrogen) atoms. The van der Waals surface area contributed by atoms with Crippen LogP contribution in [0.4, 0.5) is 0 Å². The zero-order valence-electron chi connectivity index (χ0n) is 11.3. The number of rotatable bonds is 3. The van der Waals surface area contributed by atoms with E-state index in [1.807, 2.05) is 19.1 Å². The average Bonchev–Trinajstić information content (AvgIpc) is 2.85. The van der Waals surface area contributed by atoms with Gasteiger partial charge in [-0.3, -0.25) is 0 Å². The van der Waals surface area contributed by atoms with Gasteiger partial charge in [0.25, 0.3) is 0 Å². The number of ether oxygens (including phenoxy) is 1. The lowest BCUT2D eigenvalue weighted by Gasteiger charge is -2.12. The molecule has 3 nitrogen and oxygen atoms in total. The zero-order chi connectivity index (χ0) is 14.3. The smallest absolute Gasteiger partial charge is 0.339 e. The molecule has 0 aliphatic heterocycles. The Bertz CT molecular complexity index is 758. The van der Waals surface area contributed by atoms with Crippen molar-refractivity contribution in [2.45, 2.75) is 26.2 Å². The molecular formula is C16H15ClO3. The fraction of sp³-hybridized carbons (Fsp3) is 0.312. The normalized spacial score (nSPS) is 13.5. The molecule has 104 valence electrons. The van der Waals surface area contributed by atoms with Crippen LogP contribution < -0.4 is 10.4 Å². The predicted octanol–water partition coefficient (Wildman–Crippen LogP) is 3.72. The minimum Gasteiger partial charge on any atom is -0.487 e. The Kier molecular flexibility index (Phi) is 3.30. The van der Waals surface area contributed by atoms with E-state index in [0.717, 1.165) is 41.3 Å². The summed E-state index contributed by atoms with van der Waals surface area (Å²) in [7, 11) is 0. The van der Waals surface area contributed by atoms with Crippen LogP contribution in [0.2, 0.25) is 0 Å². The topological polar surface area (TPSA) is 39.4 Å². The van der Waals surface area contributed by atoms with Crippen LogP contribution in [0.3, 0.4) is 0 Å². The molecule has 0 bridgehead atoms. The van der Waals surface area contributed by atoms with Crippen LogP contribution in [-0.4, -0.2) is 6.61 Å². The Balaban J connectivity index is 2.25. The summed E-state index contributed by atoms with van der Waals surface area (Å²) in [4.78, 5) is 12.0. The van der Waals surface area contributed by atoms with Crippen molar-refractivity contribution < 1.29 is 9.15 Å². The average molecular weight is 291 g/mol. The van der Waals surface area contributed by atoms with Gasteiger partial charge in [0.15, 0.2) is 0 Å². The SMILES string of the molecule is C=C(Cl)COc1cc(C)cc2oc(=O)c3c(c12)CCC3. The van der Waals surface area contributed by atoms with Crippen LogP contribution in [0.15, 0.2) is 33.0 Å². The van der Waals surface area contributed by atoms with E-state index in [1.165, 1.54) is 0 Å². The molecule has 0 amide bonds. The van der Waals surface area contributed by atoms with Crippen LogP contribution in [0.1, 0.15) is 23.1 Å². The second-order valence-corrected chi connectivity index (χ2v) is 5.68. The van der Waals surface area contributed by atoms with Gasteiger partial charge in [-0.15, -0.1) is 0 Å². The van der Waals surface area contributed by atoms with Gasteiger partial charge in [-0.25, -0.2) is 4.79 Å². The minimum absolute atomic E-state index is 0.219. The van der Waals surface area contributed by atoms with Gasteiger partial charge in [0, 0.05) is 10.6 Å². The highest BCUT2D eigenvalue weighted by Crippen LogP contribution is 2.35. The maximum absolute atomic E-state index is 12.0. The first-order valence-electron chi connectivity index (χ1n) is 6.61. The Morgan fingerprint density at radius 2 is 2.15 bits per heavy atom. The zero-order valence-corrected chi connectivity index (χ0v) is 12.0. The number of benzene rings is 1. The lowest BCUT2D eigenvalue weighted by atomic mass is 10.0. The highest BCUT2D eigenvalue weighted by Gasteiger charge is 2.22. The molecule has 0 spiro atoms. The summed E-state index contributed by atoms with van der Waals surface area (Å²) < 4.78 is 11.2. The number of fused-ring (bicyclic) bond motifs is 3. The van der Waals surface area contributed by atoms with E-state index in [9.17, 15) is 4.79 Å². The Labute approximate surface area is 121 Å².